The van der Waals surface area contributed by atoms with E-state index in [4.69, 9.17) is 14.2 Å². The smallest absolute Gasteiger partial charge is 0.291 e. The van der Waals surface area contributed by atoms with E-state index < -0.39 is 23.7 Å². The summed E-state index contributed by atoms with van der Waals surface area (Å²) in [4.78, 5) is 41.1. The van der Waals surface area contributed by atoms with Crippen molar-refractivity contribution < 1.29 is 28.6 Å². The number of likely N-dealkylation sites (tertiary alicyclic amines) is 1. The molecular weight excluding hydrogens is 434 g/mol. The highest BCUT2D eigenvalue weighted by atomic mass is 16.5. The summed E-state index contributed by atoms with van der Waals surface area (Å²) in [5, 5.41) is 0. The molecule has 0 aromatic heterocycles. The van der Waals surface area contributed by atoms with Crippen molar-refractivity contribution in [1.29, 1.82) is 0 Å². The summed E-state index contributed by atoms with van der Waals surface area (Å²) in [6.07, 6.45) is 3.68. The number of hydrogen-bond acceptors (Lipinski definition) is 6. The van der Waals surface area contributed by atoms with Gasteiger partial charge in [0.1, 0.15) is 17.4 Å². The lowest BCUT2D eigenvalue weighted by Gasteiger charge is -2.27. The van der Waals surface area contributed by atoms with Crippen LogP contribution < -0.4 is 9.47 Å². The molecule has 0 N–H and O–H groups in total. The van der Waals surface area contributed by atoms with Crippen molar-refractivity contribution in [2.75, 3.05) is 34.0 Å². The summed E-state index contributed by atoms with van der Waals surface area (Å²) in [5.74, 6) is -1.56. The molecule has 0 radical (unpaired) electrons. The van der Waals surface area contributed by atoms with Gasteiger partial charge in [-0.3, -0.25) is 14.4 Å². The van der Waals surface area contributed by atoms with Crippen LogP contribution in [0.4, 0.5) is 0 Å². The minimum Gasteiger partial charge on any atom is -0.497 e. The molecule has 1 fully saturated rings. The van der Waals surface area contributed by atoms with Gasteiger partial charge in [-0.1, -0.05) is 31.9 Å². The molecule has 34 heavy (non-hydrogen) atoms. The van der Waals surface area contributed by atoms with E-state index in [-0.39, 0.29) is 5.78 Å². The maximum absolute atomic E-state index is 13.5. The Balaban J connectivity index is 1.93. The Labute approximate surface area is 201 Å². The van der Waals surface area contributed by atoms with Crippen molar-refractivity contribution in [3.63, 3.8) is 0 Å². The number of carbonyl (C=O) groups excluding carboxylic acids is 3. The summed E-state index contributed by atoms with van der Waals surface area (Å²) < 4.78 is 16.2. The molecule has 2 aromatic rings. The lowest BCUT2D eigenvalue weighted by atomic mass is 9.86. The fourth-order valence-electron chi connectivity index (χ4n) is 4.24. The fraction of sp³-hybridized carbons (Fsp3) is 0.444. The van der Waals surface area contributed by atoms with Gasteiger partial charge in [0.15, 0.2) is 5.78 Å². The van der Waals surface area contributed by atoms with Gasteiger partial charge >= 0.3 is 0 Å². The highest BCUT2D eigenvalue weighted by Crippen LogP contribution is 2.39. The highest BCUT2D eigenvalue weighted by Gasteiger charge is 2.51. The van der Waals surface area contributed by atoms with Crippen LogP contribution in [0.25, 0.3) is 0 Å². The monoisotopic (exact) mass is 467 g/mol. The number of ether oxygens (including phenoxy) is 3. The SMILES string of the molecule is CCCCCOc1cccc(C2C(C(=O)c3ccc(OC)cc3)C(=O)C(=O)N2CCCOC)c1. The van der Waals surface area contributed by atoms with Gasteiger partial charge in [-0.2, -0.15) is 0 Å². The van der Waals surface area contributed by atoms with Crippen LogP contribution >= 0.6 is 0 Å². The topological polar surface area (TPSA) is 82.1 Å². The Kier molecular flexibility index (Phi) is 9.22. The summed E-state index contributed by atoms with van der Waals surface area (Å²) in [5.41, 5.74) is 1.07. The first-order valence-corrected chi connectivity index (χ1v) is 11.8. The lowest BCUT2D eigenvalue weighted by molar-refractivity contribution is -0.140. The number of unbranched alkanes of at least 4 members (excludes halogenated alkanes) is 2. The van der Waals surface area contributed by atoms with E-state index >= 15 is 0 Å². The zero-order valence-electron chi connectivity index (χ0n) is 20.1. The lowest BCUT2D eigenvalue weighted by Crippen LogP contribution is -2.32. The summed E-state index contributed by atoms with van der Waals surface area (Å²) in [6.45, 7) is 3.48. The van der Waals surface area contributed by atoms with Crippen LogP contribution in [0.1, 0.15) is 54.6 Å². The summed E-state index contributed by atoms with van der Waals surface area (Å²) in [7, 11) is 3.13. The van der Waals surface area contributed by atoms with E-state index in [1.807, 2.05) is 24.3 Å². The molecule has 2 atom stereocenters. The molecule has 1 aliphatic rings. The van der Waals surface area contributed by atoms with Crippen LogP contribution in [0, 0.1) is 5.92 Å². The maximum Gasteiger partial charge on any atom is 0.291 e. The van der Waals surface area contributed by atoms with Crippen LogP contribution in [0.2, 0.25) is 0 Å². The third-order valence-electron chi connectivity index (χ3n) is 6.03. The van der Waals surface area contributed by atoms with E-state index in [0.717, 1.165) is 19.3 Å². The van der Waals surface area contributed by atoms with E-state index in [1.54, 1.807) is 38.5 Å². The van der Waals surface area contributed by atoms with Gasteiger partial charge in [-0.15, -0.1) is 0 Å². The van der Waals surface area contributed by atoms with Crippen molar-refractivity contribution >= 4 is 17.5 Å². The zero-order chi connectivity index (χ0) is 24.5. The normalized spacial score (nSPS) is 17.8. The molecule has 0 spiro atoms. The van der Waals surface area contributed by atoms with Crippen LogP contribution in [0.15, 0.2) is 48.5 Å². The standard InChI is InChI=1S/C27H33NO6/c1-4-5-6-17-34-22-10-7-9-20(18-22)24-23(25(29)19-11-13-21(33-3)14-12-19)26(30)27(31)28(24)15-8-16-32-2/h7,9-14,18,23-24H,4-6,8,15-17H2,1-3H3. The number of hydrogen-bond donors (Lipinski definition) is 0. The second kappa shape index (κ2) is 12.3. The van der Waals surface area contributed by atoms with Crippen LogP contribution in [-0.4, -0.2) is 56.4 Å². The summed E-state index contributed by atoms with van der Waals surface area (Å²) >= 11 is 0. The minimum atomic E-state index is -1.13. The Morgan fingerprint density at radius 1 is 0.941 bits per heavy atom. The van der Waals surface area contributed by atoms with Gasteiger partial charge in [0, 0.05) is 25.8 Å². The van der Waals surface area contributed by atoms with Gasteiger partial charge in [-0.25, -0.2) is 0 Å². The van der Waals surface area contributed by atoms with E-state index in [9.17, 15) is 14.4 Å². The molecule has 1 amide bonds. The molecule has 182 valence electrons. The first kappa shape index (κ1) is 25.4. The first-order chi connectivity index (χ1) is 16.5. The third kappa shape index (κ3) is 5.83. The van der Waals surface area contributed by atoms with Crippen LogP contribution in [0.5, 0.6) is 11.5 Å². The third-order valence-corrected chi connectivity index (χ3v) is 6.03. The van der Waals surface area contributed by atoms with E-state index in [1.165, 1.54) is 4.90 Å². The number of Topliss-reactive ketones (excluding diaryl/α,β-unsaturated/α-hetero) is 2. The molecular formula is C27H33NO6. The number of ketones is 2. The number of benzene rings is 2. The van der Waals surface area contributed by atoms with Crippen molar-refractivity contribution in [1.82, 2.24) is 4.90 Å². The van der Waals surface area contributed by atoms with Gasteiger partial charge in [0.25, 0.3) is 5.91 Å². The van der Waals surface area contributed by atoms with Crippen LogP contribution in [0.3, 0.4) is 0 Å². The number of rotatable bonds is 13. The molecule has 1 aliphatic heterocycles. The number of carbonyl (C=O) groups is 3. The van der Waals surface area contributed by atoms with Gasteiger partial charge in [0.05, 0.1) is 19.8 Å². The first-order valence-electron chi connectivity index (χ1n) is 11.8. The molecule has 3 rings (SSSR count). The van der Waals surface area contributed by atoms with E-state index in [2.05, 4.69) is 6.92 Å². The molecule has 0 bridgehead atoms. The maximum atomic E-state index is 13.5. The quantitative estimate of drug-likeness (QED) is 0.190. The number of amides is 1. The molecule has 2 aromatic carbocycles. The molecule has 1 heterocycles. The molecule has 1 saturated heterocycles. The highest BCUT2D eigenvalue weighted by molar-refractivity contribution is 6.44. The zero-order valence-corrected chi connectivity index (χ0v) is 20.1. The molecule has 2 unspecified atom stereocenters. The largest absolute Gasteiger partial charge is 0.497 e. The second-order valence-corrected chi connectivity index (χ2v) is 8.35. The Morgan fingerprint density at radius 2 is 1.71 bits per heavy atom. The van der Waals surface area contributed by atoms with Gasteiger partial charge in [-0.05, 0) is 54.8 Å². The number of nitrogens with zero attached hydrogens (tertiary/aromatic N) is 1. The van der Waals surface area contributed by atoms with Crippen molar-refractivity contribution in [3.05, 3.63) is 59.7 Å². The average Bonchev–Trinajstić information content (AvgIpc) is 3.11. The van der Waals surface area contributed by atoms with Crippen molar-refractivity contribution in [3.8, 4) is 11.5 Å². The minimum absolute atomic E-state index is 0.317. The molecule has 0 saturated carbocycles. The average molecular weight is 468 g/mol. The Bertz CT molecular complexity index is 987. The van der Waals surface area contributed by atoms with Crippen molar-refractivity contribution in [2.24, 2.45) is 5.92 Å². The Morgan fingerprint density at radius 3 is 2.38 bits per heavy atom. The molecule has 7 nitrogen and oxygen atoms in total. The molecule has 0 aliphatic carbocycles. The fourth-order valence-corrected chi connectivity index (χ4v) is 4.24. The van der Waals surface area contributed by atoms with Crippen molar-refractivity contribution in [2.45, 2.75) is 38.6 Å². The van der Waals surface area contributed by atoms with E-state index in [0.29, 0.717) is 48.8 Å². The van der Waals surface area contributed by atoms with Crippen LogP contribution in [-0.2, 0) is 14.3 Å². The number of methoxy groups -OCH3 is 2. The molecule has 7 heteroatoms. The Hall–Kier alpha value is -3.19. The second-order valence-electron chi connectivity index (χ2n) is 8.35. The summed E-state index contributed by atoms with van der Waals surface area (Å²) in [6, 6.07) is 13.2. The van der Waals surface area contributed by atoms with Gasteiger partial charge in [0.2, 0.25) is 5.78 Å². The predicted octanol–water partition coefficient (Wildman–Crippen LogP) is 4.25. The van der Waals surface area contributed by atoms with Gasteiger partial charge < -0.3 is 19.1 Å². The predicted molar refractivity (Wildman–Crippen MR) is 128 cm³/mol.